The molecule has 0 spiro atoms. The number of aromatic nitrogens is 2. The van der Waals surface area contributed by atoms with E-state index in [9.17, 15) is 21.6 Å². The fourth-order valence-corrected chi connectivity index (χ4v) is 5.65. The van der Waals surface area contributed by atoms with Crippen molar-refractivity contribution >= 4 is 50.3 Å². The van der Waals surface area contributed by atoms with Crippen LogP contribution in [0.3, 0.4) is 0 Å². The predicted octanol–water partition coefficient (Wildman–Crippen LogP) is 6.32. The number of hydrogen-bond acceptors (Lipinski definition) is 7. The number of fused-ring (bicyclic) bond motifs is 1. The Kier molecular flexibility index (Phi) is 11.0. The van der Waals surface area contributed by atoms with E-state index in [-0.39, 0.29) is 10.4 Å². The lowest BCUT2D eigenvalue weighted by Gasteiger charge is -2.29. The fourth-order valence-electron chi connectivity index (χ4n) is 4.41. The molecule has 1 aliphatic carbocycles. The zero-order chi connectivity index (χ0) is 31.1. The van der Waals surface area contributed by atoms with Crippen LogP contribution in [0.15, 0.2) is 53.4 Å². The lowest BCUT2D eigenvalue weighted by molar-refractivity contribution is -0.192. The van der Waals surface area contributed by atoms with Crippen molar-refractivity contribution in [2.75, 3.05) is 23.7 Å². The molecule has 1 aromatic heterocycles. The second-order valence-corrected chi connectivity index (χ2v) is 13.4. The van der Waals surface area contributed by atoms with Gasteiger partial charge in [-0.1, -0.05) is 23.7 Å². The zero-order valence-electron chi connectivity index (χ0n) is 23.5. The molecule has 4 N–H and O–H groups in total. The van der Waals surface area contributed by atoms with Gasteiger partial charge in [-0.25, -0.2) is 22.9 Å². The molecule has 3 aromatic rings. The third-order valence-corrected chi connectivity index (χ3v) is 8.23. The lowest BCUT2D eigenvalue weighted by Crippen LogP contribution is -2.32. The number of hydrogen-bond donors (Lipinski definition) is 4. The Hall–Kier alpha value is -3.16. The Morgan fingerprint density at radius 1 is 0.952 bits per heavy atom. The van der Waals surface area contributed by atoms with Crippen molar-refractivity contribution in [3.63, 3.8) is 0 Å². The first-order valence-electron chi connectivity index (χ1n) is 13.4. The summed E-state index contributed by atoms with van der Waals surface area (Å²) in [7, 11) is -3.51. The molecule has 1 aliphatic rings. The number of nitrogens with zero attached hydrogens (tertiary/aromatic N) is 2. The number of sulfonamides is 1. The summed E-state index contributed by atoms with van der Waals surface area (Å²) < 4.78 is 59.6. The van der Waals surface area contributed by atoms with E-state index in [0.29, 0.717) is 29.4 Å². The van der Waals surface area contributed by atoms with Crippen LogP contribution in [0.4, 0.5) is 24.9 Å². The van der Waals surface area contributed by atoms with Crippen molar-refractivity contribution in [3.8, 4) is 0 Å². The average molecular weight is 630 g/mol. The molecule has 230 valence electrons. The standard InChI is InChI=1S/C26H34ClN5O2S.C2HF3O2/c1-26(2,3)32-24-22-6-4-5-7-23(22)30-25(31-24)28-16-18-8-10-19(11-9-18)17-29-35(33,34)21-14-12-20(27)13-15-21;3-2(4,5)1(6)7/h4-7,12-15,18-19,29H,8-11,16-17H2,1-3H3,(H2,28,30,31,32);(H,6,7). The Balaban J connectivity index is 0.000000616. The molecule has 14 heteroatoms. The highest BCUT2D eigenvalue weighted by molar-refractivity contribution is 7.89. The number of aliphatic carboxylic acids is 1. The molecule has 0 unspecified atom stereocenters. The molecule has 0 aliphatic heterocycles. The SMILES string of the molecule is CC(C)(C)Nc1nc(NCC2CCC(CNS(=O)(=O)c3ccc(Cl)cc3)CC2)nc2ccccc12.O=C(O)C(F)(F)F. The number of carbonyl (C=O) groups is 1. The van der Waals surface area contributed by atoms with Gasteiger partial charge < -0.3 is 15.7 Å². The number of para-hydroxylation sites is 1. The summed E-state index contributed by atoms with van der Waals surface area (Å²) in [6, 6.07) is 14.3. The van der Waals surface area contributed by atoms with Gasteiger partial charge in [-0.2, -0.15) is 18.2 Å². The van der Waals surface area contributed by atoms with Gasteiger partial charge >= 0.3 is 12.1 Å². The Labute approximate surface area is 248 Å². The van der Waals surface area contributed by atoms with E-state index in [2.05, 4.69) is 36.1 Å². The summed E-state index contributed by atoms with van der Waals surface area (Å²) in [5.74, 6) is -0.441. The van der Waals surface area contributed by atoms with Crippen LogP contribution < -0.4 is 15.4 Å². The lowest BCUT2D eigenvalue weighted by atomic mass is 9.82. The van der Waals surface area contributed by atoms with E-state index in [0.717, 1.165) is 48.9 Å². The molecule has 0 amide bonds. The highest BCUT2D eigenvalue weighted by Crippen LogP contribution is 2.30. The summed E-state index contributed by atoms with van der Waals surface area (Å²) in [6.45, 7) is 7.61. The van der Waals surface area contributed by atoms with Gasteiger partial charge in [-0.15, -0.1) is 0 Å². The monoisotopic (exact) mass is 629 g/mol. The summed E-state index contributed by atoms with van der Waals surface area (Å²) in [4.78, 5) is 18.6. The van der Waals surface area contributed by atoms with Crippen LogP contribution in [-0.2, 0) is 14.8 Å². The van der Waals surface area contributed by atoms with Gasteiger partial charge in [-0.05, 0) is 94.7 Å². The third-order valence-electron chi connectivity index (χ3n) is 6.54. The van der Waals surface area contributed by atoms with E-state index >= 15 is 0 Å². The summed E-state index contributed by atoms with van der Waals surface area (Å²) in [6.07, 6.45) is -1.02. The maximum absolute atomic E-state index is 12.5. The van der Waals surface area contributed by atoms with Crippen molar-refractivity contribution in [1.29, 1.82) is 0 Å². The van der Waals surface area contributed by atoms with E-state index in [1.165, 1.54) is 12.1 Å². The minimum Gasteiger partial charge on any atom is -0.475 e. The smallest absolute Gasteiger partial charge is 0.475 e. The van der Waals surface area contributed by atoms with Crippen molar-refractivity contribution < 1.29 is 31.5 Å². The van der Waals surface area contributed by atoms with Gasteiger partial charge in [0.05, 0.1) is 10.4 Å². The van der Waals surface area contributed by atoms with E-state index < -0.39 is 22.2 Å². The quantitative estimate of drug-likeness (QED) is 0.227. The third kappa shape index (κ3) is 10.3. The van der Waals surface area contributed by atoms with Crippen LogP contribution in [0.1, 0.15) is 46.5 Å². The molecule has 9 nitrogen and oxygen atoms in total. The van der Waals surface area contributed by atoms with E-state index in [1.54, 1.807) is 12.1 Å². The van der Waals surface area contributed by atoms with Crippen LogP contribution in [0.2, 0.25) is 5.02 Å². The molecule has 42 heavy (non-hydrogen) atoms. The first-order chi connectivity index (χ1) is 19.5. The fraction of sp³-hybridized carbons (Fsp3) is 0.464. The van der Waals surface area contributed by atoms with Crippen LogP contribution >= 0.6 is 11.6 Å². The van der Waals surface area contributed by atoms with Crippen molar-refractivity contribution in [2.24, 2.45) is 11.8 Å². The topological polar surface area (TPSA) is 133 Å². The van der Waals surface area contributed by atoms with Crippen molar-refractivity contribution in [2.45, 2.75) is 63.1 Å². The number of nitrogens with one attached hydrogen (secondary N) is 3. The largest absolute Gasteiger partial charge is 0.490 e. The number of alkyl halides is 3. The summed E-state index contributed by atoms with van der Waals surface area (Å²) >= 11 is 5.87. The highest BCUT2D eigenvalue weighted by Gasteiger charge is 2.38. The molecule has 0 saturated heterocycles. The van der Waals surface area contributed by atoms with Gasteiger partial charge in [0, 0.05) is 29.0 Å². The van der Waals surface area contributed by atoms with E-state index in [4.69, 9.17) is 31.5 Å². The number of rotatable bonds is 8. The van der Waals surface area contributed by atoms with Gasteiger partial charge in [0.2, 0.25) is 16.0 Å². The molecular weight excluding hydrogens is 595 g/mol. The average Bonchev–Trinajstić information content (AvgIpc) is 2.90. The van der Waals surface area contributed by atoms with E-state index in [1.807, 2.05) is 24.3 Å². The maximum atomic E-state index is 12.5. The summed E-state index contributed by atoms with van der Waals surface area (Å²) in [5.41, 5.74) is 0.801. The van der Waals surface area contributed by atoms with Gasteiger partial charge in [0.15, 0.2) is 0 Å². The minimum absolute atomic E-state index is 0.109. The molecule has 0 atom stereocenters. The van der Waals surface area contributed by atoms with Crippen LogP contribution in [-0.4, -0.2) is 54.3 Å². The molecule has 4 rings (SSSR count). The maximum Gasteiger partial charge on any atom is 0.490 e. The Morgan fingerprint density at radius 2 is 1.50 bits per heavy atom. The first kappa shape index (κ1) is 33.3. The second kappa shape index (κ2) is 13.9. The second-order valence-electron chi connectivity index (χ2n) is 11.2. The number of halogens is 4. The number of anilines is 2. The molecule has 0 radical (unpaired) electrons. The van der Waals surface area contributed by atoms with Crippen LogP contribution in [0.5, 0.6) is 0 Å². The normalized spacial score (nSPS) is 17.7. The Bertz CT molecular complexity index is 1460. The number of carboxylic acids is 1. The Morgan fingerprint density at radius 3 is 2.05 bits per heavy atom. The van der Waals surface area contributed by atoms with Gasteiger partial charge in [0.25, 0.3) is 0 Å². The predicted molar refractivity (Wildman–Crippen MR) is 157 cm³/mol. The molecule has 0 bridgehead atoms. The number of carboxylic acid groups (broad SMARTS) is 1. The van der Waals surface area contributed by atoms with Crippen molar-refractivity contribution in [1.82, 2.24) is 14.7 Å². The van der Waals surface area contributed by atoms with Crippen molar-refractivity contribution in [3.05, 3.63) is 53.6 Å². The molecule has 1 fully saturated rings. The van der Waals surface area contributed by atoms with Gasteiger partial charge in [-0.3, -0.25) is 0 Å². The van der Waals surface area contributed by atoms with Crippen LogP contribution in [0.25, 0.3) is 10.9 Å². The first-order valence-corrected chi connectivity index (χ1v) is 15.2. The molecule has 2 aromatic carbocycles. The highest BCUT2D eigenvalue weighted by atomic mass is 35.5. The molecular formula is C28H35ClF3N5O4S. The molecule has 1 saturated carbocycles. The molecule has 1 heterocycles. The van der Waals surface area contributed by atoms with Crippen LogP contribution in [0, 0.1) is 11.8 Å². The van der Waals surface area contributed by atoms with Gasteiger partial charge in [0.1, 0.15) is 5.82 Å². The zero-order valence-corrected chi connectivity index (χ0v) is 25.1. The number of benzene rings is 2. The minimum atomic E-state index is -5.08. The summed E-state index contributed by atoms with van der Waals surface area (Å²) in [5, 5.41) is 15.6.